The van der Waals surface area contributed by atoms with Crippen LogP contribution in [0.5, 0.6) is 0 Å². The molecule has 140 valence electrons. The van der Waals surface area contributed by atoms with Gasteiger partial charge in [-0.05, 0) is 31.6 Å². The van der Waals surface area contributed by atoms with Gasteiger partial charge in [-0.25, -0.2) is 0 Å². The molecule has 0 aliphatic carbocycles. The van der Waals surface area contributed by atoms with Crippen LogP contribution in [0.2, 0.25) is 0 Å². The van der Waals surface area contributed by atoms with E-state index in [1.807, 2.05) is 0 Å². The number of unbranched alkanes of at least 4 members (excludes halogenated alkanes) is 8. The first-order valence-corrected chi connectivity index (χ1v) is 10.9. The Labute approximate surface area is 147 Å². The fourth-order valence-electron chi connectivity index (χ4n) is 4.07. The molecular formula is C22H46O. The van der Waals surface area contributed by atoms with E-state index in [4.69, 9.17) is 0 Å². The first-order chi connectivity index (χ1) is 11.1. The molecule has 1 N–H and O–H groups in total. The summed E-state index contributed by atoms with van der Waals surface area (Å²) >= 11 is 0. The van der Waals surface area contributed by atoms with Crippen molar-refractivity contribution in [3.05, 3.63) is 0 Å². The van der Waals surface area contributed by atoms with Crippen LogP contribution in [0, 0.1) is 5.92 Å². The fraction of sp³-hybridized carbons (Fsp3) is 1.00. The quantitative estimate of drug-likeness (QED) is 0.272. The van der Waals surface area contributed by atoms with E-state index in [-0.39, 0.29) is 5.60 Å². The van der Waals surface area contributed by atoms with Crippen molar-refractivity contribution in [1.29, 1.82) is 0 Å². The third kappa shape index (κ3) is 11.2. The molecule has 23 heavy (non-hydrogen) atoms. The van der Waals surface area contributed by atoms with Crippen LogP contribution in [-0.2, 0) is 0 Å². The Morgan fingerprint density at radius 1 is 0.565 bits per heavy atom. The van der Waals surface area contributed by atoms with Crippen molar-refractivity contribution >= 4 is 0 Å². The van der Waals surface area contributed by atoms with Gasteiger partial charge in [-0.2, -0.15) is 0 Å². The summed E-state index contributed by atoms with van der Waals surface area (Å²) in [5.74, 6) is 0.533. The highest BCUT2D eigenvalue weighted by Gasteiger charge is 2.33. The zero-order valence-corrected chi connectivity index (χ0v) is 16.8. The van der Waals surface area contributed by atoms with E-state index in [0.717, 1.165) is 25.7 Å². The molecule has 0 aromatic carbocycles. The van der Waals surface area contributed by atoms with Gasteiger partial charge in [-0.3, -0.25) is 0 Å². The van der Waals surface area contributed by atoms with Crippen molar-refractivity contribution in [2.24, 2.45) is 5.92 Å². The van der Waals surface area contributed by atoms with Crippen molar-refractivity contribution in [3.63, 3.8) is 0 Å². The number of hydrogen-bond donors (Lipinski definition) is 1. The maximum atomic E-state index is 11.3. The molecule has 0 rings (SSSR count). The Morgan fingerprint density at radius 3 is 1.39 bits per heavy atom. The van der Waals surface area contributed by atoms with E-state index in [2.05, 4.69) is 27.7 Å². The lowest BCUT2D eigenvalue weighted by atomic mass is 9.75. The van der Waals surface area contributed by atoms with Gasteiger partial charge in [0.1, 0.15) is 0 Å². The first-order valence-electron chi connectivity index (χ1n) is 10.9. The summed E-state index contributed by atoms with van der Waals surface area (Å²) in [6.45, 7) is 9.00. The predicted molar refractivity (Wildman–Crippen MR) is 105 cm³/mol. The van der Waals surface area contributed by atoms with Gasteiger partial charge in [-0.1, -0.05) is 105 Å². The maximum absolute atomic E-state index is 11.3. The third-order valence-corrected chi connectivity index (χ3v) is 5.44. The van der Waals surface area contributed by atoms with E-state index >= 15 is 0 Å². The Balaban J connectivity index is 4.39. The normalized spacial score (nSPS) is 13.4. The topological polar surface area (TPSA) is 20.2 Å². The van der Waals surface area contributed by atoms with Crippen molar-refractivity contribution in [3.8, 4) is 0 Å². The van der Waals surface area contributed by atoms with Gasteiger partial charge in [-0.15, -0.1) is 0 Å². The summed E-state index contributed by atoms with van der Waals surface area (Å²) in [6, 6.07) is 0. The largest absolute Gasteiger partial charge is 0.390 e. The van der Waals surface area contributed by atoms with Crippen molar-refractivity contribution in [2.45, 2.75) is 136 Å². The molecular weight excluding hydrogens is 280 g/mol. The first kappa shape index (κ1) is 23.0. The van der Waals surface area contributed by atoms with Gasteiger partial charge in [0.05, 0.1) is 5.60 Å². The lowest BCUT2D eigenvalue weighted by molar-refractivity contribution is -0.0430. The van der Waals surface area contributed by atoms with Gasteiger partial charge in [0, 0.05) is 0 Å². The van der Waals surface area contributed by atoms with E-state index in [9.17, 15) is 5.11 Å². The summed E-state index contributed by atoms with van der Waals surface area (Å²) in [4.78, 5) is 0. The lowest BCUT2D eigenvalue weighted by Crippen LogP contribution is -2.38. The second kappa shape index (κ2) is 15.5. The van der Waals surface area contributed by atoms with Crippen LogP contribution in [0.4, 0.5) is 0 Å². The van der Waals surface area contributed by atoms with Crippen LogP contribution in [0.25, 0.3) is 0 Å². The van der Waals surface area contributed by atoms with Crippen LogP contribution in [0.1, 0.15) is 130 Å². The summed E-state index contributed by atoms with van der Waals surface area (Å²) in [5, 5.41) is 11.3. The van der Waals surface area contributed by atoms with E-state index < -0.39 is 0 Å². The number of hydrogen-bond acceptors (Lipinski definition) is 1. The molecule has 0 saturated heterocycles. The van der Waals surface area contributed by atoms with Crippen LogP contribution in [0.15, 0.2) is 0 Å². The molecule has 0 bridgehead atoms. The molecule has 1 unspecified atom stereocenters. The Bertz CT molecular complexity index is 230. The SMILES string of the molecule is CCCCCCCCC(CCCCCC)C(O)(CCC)CCC. The summed E-state index contributed by atoms with van der Waals surface area (Å²) < 4.78 is 0. The average molecular weight is 327 g/mol. The van der Waals surface area contributed by atoms with Crippen LogP contribution < -0.4 is 0 Å². The second-order valence-electron chi connectivity index (χ2n) is 7.71. The minimum absolute atomic E-state index is 0.390. The van der Waals surface area contributed by atoms with Crippen LogP contribution in [-0.4, -0.2) is 10.7 Å². The minimum Gasteiger partial charge on any atom is -0.390 e. The van der Waals surface area contributed by atoms with Crippen molar-refractivity contribution in [2.75, 3.05) is 0 Å². The van der Waals surface area contributed by atoms with Gasteiger partial charge in [0.2, 0.25) is 0 Å². The summed E-state index contributed by atoms with van der Waals surface area (Å²) in [6.07, 6.45) is 20.2. The lowest BCUT2D eigenvalue weighted by Gasteiger charge is -2.37. The molecule has 0 saturated carbocycles. The standard InChI is InChI=1S/C22H46O/c1-5-9-11-13-14-16-18-21(17-15-12-10-6-2)22(23,19-7-3)20-8-4/h21,23H,5-20H2,1-4H3. The number of aliphatic hydroxyl groups is 1. The Hall–Kier alpha value is -0.0400. The molecule has 0 radical (unpaired) electrons. The van der Waals surface area contributed by atoms with E-state index in [0.29, 0.717) is 5.92 Å². The molecule has 1 heteroatoms. The highest BCUT2D eigenvalue weighted by Crippen LogP contribution is 2.35. The average Bonchev–Trinajstić information content (AvgIpc) is 2.53. The molecule has 0 aliphatic heterocycles. The summed E-state index contributed by atoms with van der Waals surface area (Å²) in [7, 11) is 0. The van der Waals surface area contributed by atoms with Crippen LogP contribution >= 0.6 is 0 Å². The van der Waals surface area contributed by atoms with E-state index in [1.54, 1.807) is 0 Å². The fourth-order valence-corrected chi connectivity index (χ4v) is 4.07. The molecule has 0 amide bonds. The maximum Gasteiger partial charge on any atom is 0.0675 e. The Kier molecular flexibility index (Phi) is 15.5. The molecule has 1 atom stereocenters. The summed E-state index contributed by atoms with van der Waals surface area (Å²) in [5.41, 5.74) is -0.390. The third-order valence-electron chi connectivity index (χ3n) is 5.44. The molecule has 0 aromatic rings. The van der Waals surface area contributed by atoms with Gasteiger partial charge < -0.3 is 5.11 Å². The van der Waals surface area contributed by atoms with Crippen molar-refractivity contribution in [1.82, 2.24) is 0 Å². The van der Waals surface area contributed by atoms with Crippen LogP contribution in [0.3, 0.4) is 0 Å². The molecule has 0 heterocycles. The molecule has 1 nitrogen and oxygen atoms in total. The zero-order chi connectivity index (χ0) is 17.4. The van der Waals surface area contributed by atoms with Crippen molar-refractivity contribution < 1.29 is 5.11 Å². The highest BCUT2D eigenvalue weighted by atomic mass is 16.3. The smallest absolute Gasteiger partial charge is 0.0675 e. The van der Waals surface area contributed by atoms with E-state index in [1.165, 1.54) is 77.0 Å². The minimum atomic E-state index is -0.390. The predicted octanol–water partition coefficient (Wildman–Crippen LogP) is 7.65. The second-order valence-corrected chi connectivity index (χ2v) is 7.71. The number of rotatable bonds is 17. The van der Waals surface area contributed by atoms with Gasteiger partial charge >= 0.3 is 0 Å². The zero-order valence-electron chi connectivity index (χ0n) is 16.8. The van der Waals surface area contributed by atoms with Gasteiger partial charge in [0.25, 0.3) is 0 Å². The monoisotopic (exact) mass is 326 g/mol. The van der Waals surface area contributed by atoms with Gasteiger partial charge in [0.15, 0.2) is 0 Å². The molecule has 0 fully saturated rings. The molecule has 0 spiro atoms. The molecule has 0 aromatic heterocycles. The Morgan fingerprint density at radius 2 is 0.957 bits per heavy atom. The highest BCUT2D eigenvalue weighted by molar-refractivity contribution is 4.86. The molecule has 0 aliphatic rings.